The zero-order valence-electron chi connectivity index (χ0n) is 10.8. The fraction of sp³-hybridized carbons (Fsp3) is 0.615. The number of piperidine rings is 1. The van der Waals surface area contributed by atoms with Gasteiger partial charge in [-0.05, 0) is 19.4 Å². The lowest BCUT2D eigenvalue weighted by Crippen LogP contribution is -2.55. The van der Waals surface area contributed by atoms with Gasteiger partial charge in [-0.15, -0.1) is 0 Å². The number of hydrogen-bond acceptors (Lipinski definition) is 5. The molecule has 1 N–H and O–H groups in total. The van der Waals surface area contributed by atoms with Crippen LogP contribution < -0.4 is 4.90 Å². The lowest BCUT2D eigenvalue weighted by atomic mass is 10.00. The molecule has 6 nitrogen and oxygen atoms in total. The van der Waals surface area contributed by atoms with Crippen LogP contribution >= 0.6 is 0 Å². The normalized spacial score (nSPS) is 24.0. The molecule has 6 heteroatoms. The van der Waals surface area contributed by atoms with Gasteiger partial charge in [0.1, 0.15) is 0 Å². The molecule has 1 aromatic rings. The highest BCUT2D eigenvalue weighted by Crippen LogP contribution is 2.22. The molecule has 3 rings (SSSR count). The second-order valence-corrected chi connectivity index (χ2v) is 5.21. The third-order valence-corrected chi connectivity index (χ3v) is 4.01. The number of fused-ring (bicyclic) bond motifs is 1. The van der Waals surface area contributed by atoms with Crippen molar-refractivity contribution in [3.8, 4) is 0 Å². The molecular formula is C13H18N4O2. The molecule has 1 atom stereocenters. The monoisotopic (exact) mass is 262 g/mol. The van der Waals surface area contributed by atoms with E-state index in [0.717, 1.165) is 19.6 Å². The van der Waals surface area contributed by atoms with Crippen molar-refractivity contribution in [3.63, 3.8) is 0 Å². The summed E-state index contributed by atoms with van der Waals surface area (Å²) in [5.41, 5.74) is 0.139. The molecule has 0 spiro atoms. The van der Waals surface area contributed by atoms with Gasteiger partial charge in [0, 0.05) is 38.1 Å². The number of aromatic carboxylic acids is 1. The molecule has 0 bridgehead atoms. The largest absolute Gasteiger partial charge is 0.478 e. The molecule has 102 valence electrons. The van der Waals surface area contributed by atoms with Crippen LogP contribution in [0.5, 0.6) is 0 Å². The van der Waals surface area contributed by atoms with E-state index in [4.69, 9.17) is 5.11 Å². The van der Waals surface area contributed by atoms with E-state index in [0.29, 0.717) is 12.0 Å². The van der Waals surface area contributed by atoms with Gasteiger partial charge in [-0.3, -0.25) is 4.90 Å². The molecule has 0 aromatic carbocycles. The van der Waals surface area contributed by atoms with Crippen LogP contribution in [0.2, 0.25) is 0 Å². The first-order valence-corrected chi connectivity index (χ1v) is 6.78. The molecule has 0 saturated carbocycles. The summed E-state index contributed by atoms with van der Waals surface area (Å²) in [6, 6.07) is 0.602. The summed E-state index contributed by atoms with van der Waals surface area (Å²) in [5.74, 6) is -0.334. The quantitative estimate of drug-likeness (QED) is 0.852. The minimum absolute atomic E-state index is 0.139. The van der Waals surface area contributed by atoms with Crippen LogP contribution in [0, 0.1) is 0 Å². The Balaban J connectivity index is 1.70. The third kappa shape index (κ3) is 2.53. The zero-order chi connectivity index (χ0) is 13.2. The number of carbonyl (C=O) groups is 1. The van der Waals surface area contributed by atoms with E-state index in [-0.39, 0.29) is 5.56 Å². The highest BCUT2D eigenvalue weighted by Gasteiger charge is 2.29. The summed E-state index contributed by atoms with van der Waals surface area (Å²) in [7, 11) is 0. The number of anilines is 1. The molecule has 2 fully saturated rings. The summed E-state index contributed by atoms with van der Waals surface area (Å²) in [6.45, 7) is 4.13. The maximum absolute atomic E-state index is 10.8. The van der Waals surface area contributed by atoms with Gasteiger partial charge in [0.05, 0.1) is 5.56 Å². The smallest absolute Gasteiger partial charge is 0.338 e. The first-order valence-electron chi connectivity index (χ1n) is 6.78. The highest BCUT2D eigenvalue weighted by atomic mass is 16.4. The van der Waals surface area contributed by atoms with E-state index in [1.54, 1.807) is 0 Å². The third-order valence-electron chi connectivity index (χ3n) is 4.01. The van der Waals surface area contributed by atoms with Crippen molar-refractivity contribution < 1.29 is 9.90 Å². The number of aromatic nitrogens is 2. The van der Waals surface area contributed by atoms with Gasteiger partial charge < -0.3 is 10.0 Å². The van der Waals surface area contributed by atoms with Crippen molar-refractivity contribution in [1.29, 1.82) is 0 Å². The summed E-state index contributed by atoms with van der Waals surface area (Å²) in [6.07, 6.45) is 6.62. The predicted molar refractivity (Wildman–Crippen MR) is 70.4 cm³/mol. The van der Waals surface area contributed by atoms with Crippen LogP contribution in [0.15, 0.2) is 12.4 Å². The van der Waals surface area contributed by atoms with Crippen LogP contribution in [0.25, 0.3) is 0 Å². The summed E-state index contributed by atoms with van der Waals surface area (Å²) in [5, 5.41) is 8.84. The standard InChI is InChI=1S/C13H18N4O2/c18-12(19)10-7-14-13(15-8-10)17-6-5-16-4-2-1-3-11(16)9-17/h7-8,11H,1-6,9H2,(H,18,19). The number of hydrogen-bond donors (Lipinski definition) is 1. The SMILES string of the molecule is O=C(O)c1cnc(N2CCN3CCCCC3C2)nc1. The van der Waals surface area contributed by atoms with Gasteiger partial charge in [0.15, 0.2) is 0 Å². The molecule has 0 aliphatic carbocycles. The first-order chi connectivity index (χ1) is 9.24. The van der Waals surface area contributed by atoms with Crippen molar-refractivity contribution in [2.45, 2.75) is 25.3 Å². The van der Waals surface area contributed by atoms with Crippen molar-refractivity contribution in [2.24, 2.45) is 0 Å². The minimum atomic E-state index is -0.983. The van der Waals surface area contributed by atoms with E-state index in [1.807, 2.05) is 0 Å². The zero-order valence-corrected chi connectivity index (χ0v) is 10.8. The van der Waals surface area contributed by atoms with Crippen molar-refractivity contribution in [2.75, 3.05) is 31.1 Å². The molecule has 2 aliphatic rings. The Kier molecular flexibility index (Phi) is 3.33. The second kappa shape index (κ2) is 5.13. The summed E-state index contributed by atoms with van der Waals surface area (Å²) in [4.78, 5) is 23.8. The Labute approximate surface area is 112 Å². The van der Waals surface area contributed by atoms with Gasteiger partial charge in [-0.25, -0.2) is 14.8 Å². The van der Waals surface area contributed by atoms with Crippen molar-refractivity contribution >= 4 is 11.9 Å². The Bertz CT molecular complexity index is 462. The van der Waals surface area contributed by atoms with Crippen molar-refractivity contribution in [1.82, 2.24) is 14.9 Å². The second-order valence-electron chi connectivity index (χ2n) is 5.21. The molecule has 1 aromatic heterocycles. The topological polar surface area (TPSA) is 69.6 Å². The van der Waals surface area contributed by atoms with E-state index in [9.17, 15) is 4.79 Å². The average molecular weight is 262 g/mol. The fourth-order valence-corrected chi connectivity index (χ4v) is 2.93. The molecule has 2 saturated heterocycles. The number of rotatable bonds is 2. The lowest BCUT2D eigenvalue weighted by Gasteiger charge is -2.43. The molecule has 0 radical (unpaired) electrons. The van der Waals surface area contributed by atoms with Crippen molar-refractivity contribution in [3.05, 3.63) is 18.0 Å². The number of carboxylic acids is 1. The Morgan fingerprint density at radius 3 is 2.74 bits per heavy atom. The van der Waals surface area contributed by atoms with Gasteiger partial charge in [0.2, 0.25) is 5.95 Å². The maximum atomic E-state index is 10.8. The van der Waals surface area contributed by atoms with Gasteiger partial charge >= 0.3 is 5.97 Å². The molecule has 19 heavy (non-hydrogen) atoms. The Morgan fingerprint density at radius 2 is 2.00 bits per heavy atom. The van der Waals surface area contributed by atoms with Crippen LogP contribution in [-0.2, 0) is 0 Å². The molecular weight excluding hydrogens is 244 g/mol. The fourth-order valence-electron chi connectivity index (χ4n) is 2.93. The number of piperazine rings is 1. The van der Waals surface area contributed by atoms with Crippen LogP contribution in [0.1, 0.15) is 29.6 Å². The number of nitrogens with zero attached hydrogens (tertiary/aromatic N) is 4. The Morgan fingerprint density at radius 1 is 1.21 bits per heavy atom. The van der Waals surface area contributed by atoms with Gasteiger partial charge in [0.25, 0.3) is 0 Å². The van der Waals surface area contributed by atoms with Crippen LogP contribution in [-0.4, -0.2) is 58.2 Å². The van der Waals surface area contributed by atoms with Gasteiger partial charge in [-0.2, -0.15) is 0 Å². The van der Waals surface area contributed by atoms with E-state index < -0.39 is 5.97 Å². The maximum Gasteiger partial charge on any atom is 0.338 e. The Hall–Kier alpha value is -1.69. The molecule has 1 unspecified atom stereocenters. The number of carboxylic acid groups (broad SMARTS) is 1. The average Bonchev–Trinajstić information content (AvgIpc) is 2.47. The van der Waals surface area contributed by atoms with Crippen LogP contribution in [0.4, 0.5) is 5.95 Å². The predicted octanol–water partition coefficient (Wildman–Crippen LogP) is 0.849. The summed E-state index contributed by atoms with van der Waals surface area (Å²) >= 11 is 0. The first kappa shape index (κ1) is 12.3. The highest BCUT2D eigenvalue weighted by molar-refractivity contribution is 5.86. The van der Waals surface area contributed by atoms with Crippen LogP contribution in [0.3, 0.4) is 0 Å². The minimum Gasteiger partial charge on any atom is -0.478 e. The molecule has 2 aliphatic heterocycles. The molecule has 3 heterocycles. The van der Waals surface area contributed by atoms with E-state index in [1.165, 1.54) is 38.2 Å². The van der Waals surface area contributed by atoms with E-state index >= 15 is 0 Å². The summed E-state index contributed by atoms with van der Waals surface area (Å²) < 4.78 is 0. The van der Waals surface area contributed by atoms with Gasteiger partial charge in [-0.1, -0.05) is 6.42 Å². The lowest BCUT2D eigenvalue weighted by molar-refractivity contribution is 0.0696. The molecule has 0 amide bonds. The van der Waals surface area contributed by atoms with E-state index in [2.05, 4.69) is 19.8 Å².